The van der Waals surface area contributed by atoms with E-state index in [1.165, 1.54) is 21.6 Å². The van der Waals surface area contributed by atoms with Gasteiger partial charge in [-0.15, -0.1) is 10.1 Å². The van der Waals surface area contributed by atoms with Crippen molar-refractivity contribution in [2.24, 2.45) is 11.3 Å². The van der Waals surface area contributed by atoms with Gasteiger partial charge >= 0.3 is 5.97 Å². The number of carbonyl (C=O) groups excluding carboxylic acids is 5. The molecular weight excluding hydrogens is 452 g/mol. The van der Waals surface area contributed by atoms with Crippen LogP contribution in [0.5, 0.6) is 0 Å². The lowest BCUT2D eigenvalue weighted by atomic mass is 9.80. The van der Waals surface area contributed by atoms with Crippen LogP contribution in [0.1, 0.15) is 52.9 Å². The highest BCUT2D eigenvalue weighted by Crippen LogP contribution is 2.35. The lowest BCUT2D eigenvalue weighted by Gasteiger charge is -2.24. The van der Waals surface area contributed by atoms with Crippen LogP contribution in [-0.4, -0.2) is 56.3 Å². The number of hydrogen-bond acceptors (Lipinski definition) is 10. The zero-order chi connectivity index (χ0) is 22.5. The molecule has 2 aliphatic heterocycles. The first-order chi connectivity index (χ1) is 14.0. The zero-order valence-electron chi connectivity index (χ0n) is 17.0. The van der Waals surface area contributed by atoms with E-state index in [1.54, 1.807) is 0 Å². The van der Waals surface area contributed by atoms with Crippen LogP contribution in [0.15, 0.2) is 0 Å². The molecule has 0 spiro atoms. The van der Waals surface area contributed by atoms with E-state index in [2.05, 4.69) is 0 Å². The molecule has 0 aromatic heterocycles. The largest absolute Gasteiger partial charge is 0.362 e. The Morgan fingerprint density at radius 3 is 2.07 bits per heavy atom. The van der Waals surface area contributed by atoms with Crippen LogP contribution >= 0.6 is 33.8 Å². The summed E-state index contributed by atoms with van der Waals surface area (Å²) in [5, 5.41) is 1.44. The lowest BCUT2D eigenvalue weighted by Crippen LogP contribution is -2.35. The minimum absolute atomic E-state index is 0.0423. The topological polar surface area (TPSA) is 110 Å². The molecule has 1 unspecified atom stereocenters. The molecule has 12 heteroatoms. The lowest BCUT2D eigenvalue weighted by molar-refractivity contribution is -0.197. The van der Waals surface area contributed by atoms with Gasteiger partial charge in [-0.25, -0.2) is 4.79 Å². The molecule has 2 aliphatic rings. The van der Waals surface area contributed by atoms with Crippen LogP contribution in [0.4, 0.5) is 0 Å². The number of imide groups is 2. The number of hydroxylamine groups is 4. The van der Waals surface area contributed by atoms with Crippen molar-refractivity contribution in [1.82, 2.24) is 10.1 Å². The van der Waals surface area contributed by atoms with Crippen LogP contribution in [-0.2, 0) is 33.6 Å². The quantitative estimate of drug-likeness (QED) is 0.213. The summed E-state index contributed by atoms with van der Waals surface area (Å²) in [4.78, 5) is 68.9. The standard InChI is InChI=1S/C18H24N2O7S3/c1-18(2,3)11-10-14(23)20(17(11)25)27-16(28)7-9-30-29-8-6-15(24)26-19-12(21)4-5-13(19)22/h11H,4-10H2,1-3H3. The fraction of sp³-hybridized carbons (Fsp3) is 0.667. The molecule has 2 saturated heterocycles. The predicted molar refractivity (Wildman–Crippen MR) is 114 cm³/mol. The summed E-state index contributed by atoms with van der Waals surface area (Å²) in [7, 11) is 2.83. The van der Waals surface area contributed by atoms with Crippen LogP contribution in [0.25, 0.3) is 0 Å². The third-order valence-electron chi connectivity index (χ3n) is 4.40. The van der Waals surface area contributed by atoms with Gasteiger partial charge in [-0.05, 0) is 17.6 Å². The van der Waals surface area contributed by atoms with E-state index in [0.717, 1.165) is 5.06 Å². The van der Waals surface area contributed by atoms with E-state index < -0.39 is 29.6 Å². The number of nitrogens with zero attached hydrogens (tertiary/aromatic N) is 2. The Kier molecular flexibility index (Phi) is 8.68. The molecule has 0 radical (unpaired) electrons. The van der Waals surface area contributed by atoms with Gasteiger partial charge in [-0.1, -0.05) is 42.4 Å². The van der Waals surface area contributed by atoms with Crippen molar-refractivity contribution in [2.45, 2.75) is 52.9 Å². The first-order valence-electron chi connectivity index (χ1n) is 9.39. The SMILES string of the molecule is CC(C)(C)C1CC(=O)N(OC(=S)CCSSCCC(=O)ON2C(=O)CCC2=O)C1=O. The number of amides is 4. The van der Waals surface area contributed by atoms with E-state index in [9.17, 15) is 24.0 Å². The summed E-state index contributed by atoms with van der Waals surface area (Å²) < 4.78 is 0. The highest BCUT2D eigenvalue weighted by molar-refractivity contribution is 8.76. The molecule has 4 amide bonds. The van der Waals surface area contributed by atoms with E-state index >= 15 is 0 Å². The van der Waals surface area contributed by atoms with Gasteiger partial charge in [-0.3, -0.25) is 19.2 Å². The Bertz CT molecular complexity index is 735. The second-order valence-electron chi connectivity index (χ2n) is 7.80. The van der Waals surface area contributed by atoms with Crippen molar-refractivity contribution in [3.05, 3.63) is 0 Å². The molecule has 2 heterocycles. The predicted octanol–water partition coefficient (Wildman–Crippen LogP) is 2.44. The van der Waals surface area contributed by atoms with Crippen molar-refractivity contribution in [2.75, 3.05) is 11.5 Å². The van der Waals surface area contributed by atoms with Gasteiger partial charge in [0.15, 0.2) is 5.05 Å². The first-order valence-corrected chi connectivity index (χ1v) is 12.3. The highest BCUT2D eigenvalue weighted by atomic mass is 33.1. The number of thiocarbonyl (C=S) groups is 1. The van der Waals surface area contributed by atoms with Crippen molar-refractivity contribution in [3.63, 3.8) is 0 Å². The summed E-state index contributed by atoms with van der Waals surface area (Å²) in [6.45, 7) is 5.69. The molecule has 166 valence electrons. The maximum absolute atomic E-state index is 12.4. The van der Waals surface area contributed by atoms with Crippen molar-refractivity contribution in [1.29, 1.82) is 0 Å². The molecule has 0 bridgehead atoms. The van der Waals surface area contributed by atoms with Crippen molar-refractivity contribution in [3.8, 4) is 0 Å². The molecule has 0 aromatic rings. The van der Waals surface area contributed by atoms with E-state index in [0.29, 0.717) is 23.0 Å². The zero-order valence-corrected chi connectivity index (χ0v) is 19.5. The monoisotopic (exact) mass is 476 g/mol. The number of rotatable bonds is 9. The Morgan fingerprint density at radius 2 is 1.53 bits per heavy atom. The molecule has 0 aliphatic carbocycles. The van der Waals surface area contributed by atoms with E-state index in [-0.39, 0.29) is 42.1 Å². The van der Waals surface area contributed by atoms with E-state index in [4.69, 9.17) is 21.9 Å². The maximum atomic E-state index is 12.4. The number of hydrogen-bond donors (Lipinski definition) is 0. The molecule has 2 rings (SSSR count). The minimum atomic E-state index is -0.648. The van der Waals surface area contributed by atoms with Crippen molar-refractivity contribution >= 4 is 68.5 Å². The summed E-state index contributed by atoms with van der Waals surface area (Å²) in [6.07, 6.45) is 0.626. The Hall–Kier alpha value is -1.66. The maximum Gasteiger partial charge on any atom is 0.334 e. The third kappa shape index (κ3) is 6.67. The average Bonchev–Trinajstić information content (AvgIpc) is 3.12. The van der Waals surface area contributed by atoms with Crippen LogP contribution in [0.2, 0.25) is 0 Å². The van der Waals surface area contributed by atoms with E-state index in [1.807, 2.05) is 20.8 Å². The van der Waals surface area contributed by atoms with Gasteiger partial charge < -0.3 is 9.68 Å². The van der Waals surface area contributed by atoms with Gasteiger partial charge in [0, 0.05) is 37.2 Å². The Morgan fingerprint density at radius 1 is 0.967 bits per heavy atom. The summed E-state index contributed by atoms with van der Waals surface area (Å²) in [6, 6.07) is 0. The van der Waals surface area contributed by atoms with Gasteiger partial charge in [0.2, 0.25) is 0 Å². The Balaban J connectivity index is 1.60. The first kappa shape index (κ1) is 24.6. The fourth-order valence-electron chi connectivity index (χ4n) is 2.70. The second-order valence-corrected chi connectivity index (χ2v) is 11.0. The number of carbonyl (C=O) groups is 5. The van der Waals surface area contributed by atoms with Crippen LogP contribution in [0.3, 0.4) is 0 Å². The third-order valence-corrected chi connectivity index (χ3v) is 7.09. The van der Waals surface area contributed by atoms with Crippen LogP contribution < -0.4 is 0 Å². The highest BCUT2D eigenvalue weighted by Gasteiger charge is 2.46. The Labute approximate surface area is 187 Å². The van der Waals surface area contributed by atoms with Gasteiger partial charge in [0.25, 0.3) is 23.6 Å². The molecule has 2 fully saturated rings. The van der Waals surface area contributed by atoms with Gasteiger partial charge in [0.1, 0.15) is 0 Å². The summed E-state index contributed by atoms with van der Waals surface area (Å²) in [5.74, 6) is -1.87. The molecule has 0 N–H and O–H groups in total. The smallest absolute Gasteiger partial charge is 0.334 e. The molecule has 1 atom stereocenters. The van der Waals surface area contributed by atoms with Gasteiger partial charge in [0.05, 0.1) is 12.3 Å². The average molecular weight is 477 g/mol. The molecule has 30 heavy (non-hydrogen) atoms. The molecule has 0 saturated carbocycles. The van der Waals surface area contributed by atoms with Crippen LogP contribution in [0, 0.1) is 11.3 Å². The molecular formula is C18H24N2O7S3. The van der Waals surface area contributed by atoms with Gasteiger partial charge in [-0.2, -0.15) is 0 Å². The summed E-state index contributed by atoms with van der Waals surface area (Å²) >= 11 is 5.12. The summed E-state index contributed by atoms with van der Waals surface area (Å²) in [5.41, 5.74) is -0.338. The molecule has 9 nitrogen and oxygen atoms in total. The van der Waals surface area contributed by atoms with Crippen molar-refractivity contribution < 1.29 is 33.6 Å². The second kappa shape index (κ2) is 10.6. The molecule has 0 aromatic carbocycles. The normalized spacial score (nSPS) is 19.6. The fourth-order valence-corrected chi connectivity index (χ4v) is 4.97. The minimum Gasteiger partial charge on any atom is -0.362 e.